The van der Waals surface area contributed by atoms with Crippen LogP contribution in [0.15, 0.2) is 0 Å². The molecule has 1 saturated heterocycles. The summed E-state index contributed by atoms with van der Waals surface area (Å²) >= 11 is 5.11. The maximum Gasteiger partial charge on any atom is 0.159 e. The fourth-order valence-corrected chi connectivity index (χ4v) is 2.56. The maximum atomic E-state index is 5.79. The van der Waals surface area contributed by atoms with Crippen LogP contribution >= 0.6 is 12.2 Å². The second-order valence-electron chi connectivity index (χ2n) is 5.00. The number of hydrogen-bond donors (Lipinski definition) is 2. The Balaban J connectivity index is 2.16. The standard InChI is InChI=1S/C13H20N4OS/c1-7-8(2)16-17-13(11(7)12(14)19)15-6-10-4-5-18-9(10)3/h9-10H,4-6H2,1-3H3,(H2,14,19)(H,15,17). The molecule has 2 unspecified atom stereocenters. The summed E-state index contributed by atoms with van der Waals surface area (Å²) in [6, 6.07) is 0. The van der Waals surface area contributed by atoms with Gasteiger partial charge in [0, 0.05) is 19.1 Å². The van der Waals surface area contributed by atoms with Crippen molar-refractivity contribution in [1.29, 1.82) is 0 Å². The molecular formula is C13H20N4OS. The normalized spacial score (nSPS) is 22.5. The first-order valence-corrected chi connectivity index (χ1v) is 6.90. The first-order valence-electron chi connectivity index (χ1n) is 6.50. The third-order valence-corrected chi connectivity index (χ3v) is 3.97. The molecule has 1 aromatic rings. The van der Waals surface area contributed by atoms with Crippen LogP contribution in [0.25, 0.3) is 0 Å². The summed E-state index contributed by atoms with van der Waals surface area (Å²) in [5.41, 5.74) is 8.43. The van der Waals surface area contributed by atoms with E-state index >= 15 is 0 Å². The van der Waals surface area contributed by atoms with Gasteiger partial charge in [0.1, 0.15) is 4.99 Å². The third-order valence-electron chi connectivity index (χ3n) is 3.77. The van der Waals surface area contributed by atoms with Crippen molar-refractivity contribution in [2.24, 2.45) is 11.7 Å². The van der Waals surface area contributed by atoms with Gasteiger partial charge in [0.25, 0.3) is 0 Å². The predicted octanol–water partition coefficient (Wildman–Crippen LogP) is 1.56. The molecule has 1 fully saturated rings. The molecule has 0 bridgehead atoms. The number of aryl methyl sites for hydroxylation is 1. The van der Waals surface area contributed by atoms with E-state index in [1.807, 2.05) is 13.8 Å². The van der Waals surface area contributed by atoms with E-state index in [0.717, 1.165) is 36.4 Å². The Morgan fingerprint density at radius 2 is 2.21 bits per heavy atom. The zero-order chi connectivity index (χ0) is 14.0. The van der Waals surface area contributed by atoms with Crippen LogP contribution in [0.1, 0.15) is 30.2 Å². The maximum absolute atomic E-state index is 5.79. The fourth-order valence-electron chi connectivity index (χ4n) is 2.31. The van der Waals surface area contributed by atoms with Crippen LogP contribution in [0.5, 0.6) is 0 Å². The van der Waals surface area contributed by atoms with Crippen molar-refractivity contribution >= 4 is 23.0 Å². The molecule has 0 spiro atoms. The average Bonchev–Trinajstić information content (AvgIpc) is 2.76. The van der Waals surface area contributed by atoms with Crippen molar-refractivity contribution in [3.8, 4) is 0 Å². The molecule has 2 atom stereocenters. The zero-order valence-electron chi connectivity index (χ0n) is 11.6. The molecule has 19 heavy (non-hydrogen) atoms. The van der Waals surface area contributed by atoms with Gasteiger partial charge in [-0.15, -0.1) is 5.10 Å². The Kier molecular flexibility index (Phi) is 4.31. The lowest BCUT2D eigenvalue weighted by Crippen LogP contribution is -2.24. The molecule has 0 saturated carbocycles. The lowest BCUT2D eigenvalue weighted by Gasteiger charge is -2.17. The number of hydrogen-bond acceptors (Lipinski definition) is 5. The molecule has 5 nitrogen and oxygen atoms in total. The second kappa shape index (κ2) is 5.79. The molecule has 6 heteroatoms. The molecule has 0 aliphatic carbocycles. The van der Waals surface area contributed by atoms with Crippen LogP contribution in [0.3, 0.4) is 0 Å². The van der Waals surface area contributed by atoms with Crippen LogP contribution in [0.2, 0.25) is 0 Å². The van der Waals surface area contributed by atoms with E-state index in [2.05, 4.69) is 22.4 Å². The summed E-state index contributed by atoms with van der Waals surface area (Å²) in [6.07, 6.45) is 1.34. The first-order chi connectivity index (χ1) is 9.00. The monoisotopic (exact) mass is 280 g/mol. The largest absolute Gasteiger partial charge is 0.389 e. The molecule has 1 aliphatic heterocycles. The fraction of sp³-hybridized carbons (Fsp3) is 0.615. The zero-order valence-corrected chi connectivity index (χ0v) is 12.4. The van der Waals surface area contributed by atoms with Gasteiger partial charge in [-0.2, -0.15) is 5.10 Å². The second-order valence-corrected chi connectivity index (χ2v) is 5.44. The van der Waals surface area contributed by atoms with Gasteiger partial charge < -0.3 is 15.8 Å². The molecule has 0 aromatic carbocycles. The number of anilines is 1. The number of aromatic nitrogens is 2. The lowest BCUT2D eigenvalue weighted by atomic mass is 10.0. The number of nitrogens with one attached hydrogen (secondary N) is 1. The van der Waals surface area contributed by atoms with E-state index in [1.54, 1.807) is 0 Å². The average molecular weight is 280 g/mol. The molecule has 2 rings (SSSR count). The number of thiocarbonyl (C=S) groups is 1. The third kappa shape index (κ3) is 3.01. The van der Waals surface area contributed by atoms with Crippen molar-refractivity contribution in [3.63, 3.8) is 0 Å². The summed E-state index contributed by atoms with van der Waals surface area (Å²) in [5, 5.41) is 11.6. The molecule has 2 heterocycles. The Labute approximate surface area is 118 Å². The summed E-state index contributed by atoms with van der Waals surface area (Å²) in [6.45, 7) is 7.59. The van der Waals surface area contributed by atoms with Gasteiger partial charge in [-0.05, 0) is 32.8 Å². The van der Waals surface area contributed by atoms with Crippen LogP contribution < -0.4 is 11.1 Å². The van der Waals surface area contributed by atoms with Crippen molar-refractivity contribution < 1.29 is 4.74 Å². The minimum absolute atomic E-state index is 0.278. The number of rotatable bonds is 4. The number of ether oxygens (including phenoxy) is 1. The van der Waals surface area contributed by atoms with Gasteiger partial charge in [0.05, 0.1) is 17.4 Å². The molecule has 0 amide bonds. The Bertz CT molecular complexity index is 492. The molecular weight excluding hydrogens is 260 g/mol. The highest BCUT2D eigenvalue weighted by Crippen LogP contribution is 2.23. The van der Waals surface area contributed by atoms with Gasteiger partial charge in [-0.3, -0.25) is 0 Å². The van der Waals surface area contributed by atoms with Gasteiger partial charge in [0.15, 0.2) is 5.82 Å². The van der Waals surface area contributed by atoms with Gasteiger partial charge in [-0.25, -0.2) is 0 Å². The topological polar surface area (TPSA) is 73.1 Å². The predicted molar refractivity (Wildman–Crippen MR) is 79.4 cm³/mol. The van der Waals surface area contributed by atoms with Gasteiger partial charge in [0.2, 0.25) is 0 Å². The highest BCUT2D eigenvalue weighted by molar-refractivity contribution is 7.80. The highest BCUT2D eigenvalue weighted by atomic mass is 32.1. The highest BCUT2D eigenvalue weighted by Gasteiger charge is 2.24. The van der Waals surface area contributed by atoms with E-state index in [9.17, 15) is 0 Å². The SMILES string of the molecule is Cc1nnc(NCC2CCOC2C)c(C(N)=S)c1C. The molecule has 3 N–H and O–H groups in total. The van der Waals surface area contributed by atoms with Crippen molar-refractivity contribution in [2.75, 3.05) is 18.5 Å². The van der Waals surface area contributed by atoms with Gasteiger partial charge in [-0.1, -0.05) is 12.2 Å². The quantitative estimate of drug-likeness (QED) is 0.816. The van der Waals surface area contributed by atoms with Crippen LogP contribution in [-0.2, 0) is 4.74 Å². The Hall–Kier alpha value is -1.27. The van der Waals surface area contributed by atoms with E-state index in [1.165, 1.54) is 0 Å². The van der Waals surface area contributed by atoms with E-state index in [-0.39, 0.29) is 6.10 Å². The molecule has 104 valence electrons. The van der Waals surface area contributed by atoms with Crippen molar-refractivity contribution in [1.82, 2.24) is 10.2 Å². The minimum Gasteiger partial charge on any atom is -0.389 e. The number of nitrogens with zero attached hydrogens (tertiary/aromatic N) is 2. The Morgan fingerprint density at radius 3 is 2.79 bits per heavy atom. The first kappa shape index (κ1) is 14.1. The number of nitrogens with two attached hydrogens (primary N) is 1. The summed E-state index contributed by atoms with van der Waals surface area (Å²) in [5.74, 6) is 1.16. The van der Waals surface area contributed by atoms with E-state index in [4.69, 9.17) is 22.7 Å². The van der Waals surface area contributed by atoms with E-state index < -0.39 is 0 Å². The van der Waals surface area contributed by atoms with Crippen LogP contribution in [0.4, 0.5) is 5.82 Å². The Morgan fingerprint density at radius 1 is 1.47 bits per heavy atom. The van der Waals surface area contributed by atoms with Crippen molar-refractivity contribution in [2.45, 2.75) is 33.3 Å². The van der Waals surface area contributed by atoms with Crippen LogP contribution in [-0.4, -0.2) is 34.4 Å². The lowest BCUT2D eigenvalue weighted by molar-refractivity contribution is 0.108. The summed E-state index contributed by atoms with van der Waals surface area (Å²) in [4.78, 5) is 0.355. The molecule has 0 radical (unpaired) electrons. The summed E-state index contributed by atoms with van der Waals surface area (Å²) in [7, 11) is 0. The van der Waals surface area contributed by atoms with Gasteiger partial charge >= 0.3 is 0 Å². The van der Waals surface area contributed by atoms with Crippen molar-refractivity contribution in [3.05, 3.63) is 16.8 Å². The smallest absolute Gasteiger partial charge is 0.159 e. The van der Waals surface area contributed by atoms with E-state index in [0.29, 0.717) is 16.7 Å². The molecule has 1 aromatic heterocycles. The minimum atomic E-state index is 0.278. The molecule has 1 aliphatic rings. The summed E-state index contributed by atoms with van der Waals surface area (Å²) < 4.78 is 5.55. The van der Waals surface area contributed by atoms with Crippen LogP contribution in [0, 0.1) is 19.8 Å².